The number of halogens is 2. The summed E-state index contributed by atoms with van der Waals surface area (Å²) in [5, 5.41) is 8.57. The van der Waals surface area contributed by atoms with Crippen LogP contribution in [-0.4, -0.2) is 5.78 Å². The zero-order valence-corrected chi connectivity index (χ0v) is 10.7. The quantitative estimate of drug-likeness (QED) is 0.780. The van der Waals surface area contributed by atoms with Crippen LogP contribution in [0.2, 0.25) is 0 Å². The number of thiophene rings is 1. The van der Waals surface area contributed by atoms with Gasteiger partial charge in [-0.25, -0.2) is 0 Å². The molecule has 1 aromatic heterocycles. The minimum absolute atomic E-state index is 0.142. The summed E-state index contributed by atoms with van der Waals surface area (Å²) in [6.45, 7) is 1.60. The van der Waals surface area contributed by atoms with Crippen LogP contribution < -0.4 is 0 Å². The maximum atomic E-state index is 11.5. The van der Waals surface area contributed by atoms with E-state index in [1.54, 1.807) is 13.0 Å². The normalized spacial score (nSPS) is 12.2. The molecule has 5 heteroatoms. The maximum Gasteiger partial charge on any atom is 0.181 e. The average Bonchev–Trinajstić information content (AvgIpc) is 2.42. The van der Waals surface area contributed by atoms with Crippen LogP contribution in [0.5, 0.6) is 0 Å². The summed E-state index contributed by atoms with van der Waals surface area (Å²) in [4.78, 5) is 11.5. The van der Waals surface area contributed by atoms with Gasteiger partial charge < -0.3 is 0 Å². The van der Waals surface area contributed by atoms with Crippen LogP contribution in [0.3, 0.4) is 0 Å². The first-order valence-corrected chi connectivity index (χ1v) is 5.85. The van der Waals surface area contributed by atoms with Crippen molar-refractivity contribution in [2.45, 2.75) is 6.92 Å². The monoisotopic (exact) mass is 321 g/mol. The topological polar surface area (TPSA) is 40.9 Å². The number of carbonyl (C=O) groups is 1. The molecule has 68 valence electrons. The molecule has 1 rings (SSSR count). The van der Waals surface area contributed by atoms with E-state index in [1.165, 1.54) is 11.3 Å². The highest BCUT2D eigenvalue weighted by atomic mass is 79.9. The summed E-state index contributed by atoms with van der Waals surface area (Å²) in [5.74, 6) is -0.728. The molecule has 1 unspecified atom stereocenters. The summed E-state index contributed by atoms with van der Waals surface area (Å²) in [6.07, 6.45) is 0. The van der Waals surface area contributed by atoms with Crippen molar-refractivity contribution in [2.75, 3.05) is 0 Å². The Labute approximate surface area is 96.8 Å². The Kier molecular flexibility index (Phi) is 3.65. The van der Waals surface area contributed by atoms with Crippen molar-refractivity contribution in [3.63, 3.8) is 0 Å². The third-order valence-electron chi connectivity index (χ3n) is 1.51. The third kappa shape index (κ3) is 2.39. The molecule has 13 heavy (non-hydrogen) atoms. The van der Waals surface area contributed by atoms with E-state index in [4.69, 9.17) is 5.26 Å². The van der Waals surface area contributed by atoms with Gasteiger partial charge in [-0.15, -0.1) is 11.3 Å². The zero-order chi connectivity index (χ0) is 10.0. The van der Waals surface area contributed by atoms with Crippen LogP contribution in [0.1, 0.15) is 17.3 Å². The molecular formula is C8H5Br2NOS. The zero-order valence-electron chi connectivity index (χ0n) is 6.67. The molecule has 0 fully saturated rings. The van der Waals surface area contributed by atoms with Crippen molar-refractivity contribution in [2.24, 2.45) is 5.92 Å². The third-order valence-corrected chi connectivity index (χ3v) is 3.85. The van der Waals surface area contributed by atoms with Crippen molar-refractivity contribution >= 4 is 49.0 Å². The summed E-state index contributed by atoms with van der Waals surface area (Å²) < 4.78 is 1.65. The summed E-state index contributed by atoms with van der Waals surface area (Å²) in [6, 6.07) is 3.65. The average molecular weight is 323 g/mol. The van der Waals surface area contributed by atoms with Gasteiger partial charge in [0.15, 0.2) is 5.78 Å². The Morgan fingerprint density at radius 3 is 2.69 bits per heavy atom. The van der Waals surface area contributed by atoms with Gasteiger partial charge in [0.25, 0.3) is 0 Å². The van der Waals surface area contributed by atoms with Gasteiger partial charge in [0.2, 0.25) is 0 Å². The molecule has 0 aliphatic carbocycles. The van der Waals surface area contributed by atoms with Crippen LogP contribution in [-0.2, 0) is 0 Å². The fraction of sp³-hybridized carbons (Fsp3) is 0.250. The van der Waals surface area contributed by atoms with Gasteiger partial charge in [-0.2, -0.15) is 5.26 Å². The molecule has 0 radical (unpaired) electrons. The van der Waals surface area contributed by atoms with E-state index in [-0.39, 0.29) is 5.78 Å². The largest absolute Gasteiger partial charge is 0.293 e. The van der Waals surface area contributed by atoms with Gasteiger partial charge in [0, 0.05) is 5.56 Å². The second kappa shape index (κ2) is 4.36. The standard InChI is InChI=1S/C8H5Br2NOS/c1-4(3-11)7(12)5-2-6(9)13-8(5)10/h2,4H,1H3. The summed E-state index contributed by atoms with van der Waals surface area (Å²) in [7, 11) is 0. The fourth-order valence-electron chi connectivity index (χ4n) is 0.800. The highest BCUT2D eigenvalue weighted by Gasteiger charge is 2.19. The van der Waals surface area contributed by atoms with E-state index < -0.39 is 5.92 Å². The smallest absolute Gasteiger partial charge is 0.181 e. The van der Waals surface area contributed by atoms with Gasteiger partial charge in [-0.1, -0.05) is 0 Å². The maximum absolute atomic E-state index is 11.5. The lowest BCUT2D eigenvalue weighted by molar-refractivity contribution is 0.0956. The van der Waals surface area contributed by atoms with E-state index in [2.05, 4.69) is 31.9 Å². The first-order valence-electron chi connectivity index (χ1n) is 3.45. The molecule has 0 saturated carbocycles. The summed E-state index contributed by atoms with van der Waals surface area (Å²) in [5.41, 5.74) is 0.575. The molecule has 0 aliphatic rings. The molecule has 1 heterocycles. The van der Waals surface area contributed by atoms with Crippen molar-refractivity contribution in [3.05, 3.63) is 19.2 Å². The molecule has 0 aliphatic heterocycles. The molecule has 0 aromatic carbocycles. The molecule has 0 saturated heterocycles. The van der Waals surface area contributed by atoms with Crippen molar-refractivity contribution in [1.29, 1.82) is 5.26 Å². The van der Waals surface area contributed by atoms with E-state index in [0.717, 1.165) is 7.57 Å². The minimum Gasteiger partial charge on any atom is -0.293 e. The Hall–Kier alpha value is -0.180. The molecule has 2 nitrogen and oxygen atoms in total. The highest BCUT2D eigenvalue weighted by molar-refractivity contribution is 9.12. The second-order valence-corrected chi connectivity index (χ2v) is 6.20. The number of carbonyl (C=O) groups excluding carboxylic acids is 1. The van der Waals surface area contributed by atoms with E-state index in [0.29, 0.717) is 5.56 Å². The molecule has 0 spiro atoms. The van der Waals surface area contributed by atoms with Crippen LogP contribution in [0.4, 0.5) is 0 Å². The number of nitriles is 1. The molecule has 0 amide bonds. The molecular weight excluding hydrogens is 318 g/mol. The Balaban J connectivity index is 3.03. The lowest BCUT2D eigenvalue weighted by atomic mass is 10.0. The second-order valence-electron chi connectivity index (χ2n) is 2.45. The van der Waals surface area contributed by atoms with E-state index in [1.807, 2.05) is 6.07 Å². The summed E-state index contributed by atoms with van der Waals surface area (Å²) >= 11 is 7.98. The van der Waals surface area contributed by atoms with E-state index >= 15 is 0 Å². The Morgan fingerprint density at radius 2 is 2.31 bits per heavy atom. The number of Topliss-reactive ketones (excluding diaryl/α,β-unsaturated/α-hetero) is 1. The predicted molar refractivity (Wildman–Crippen MR) is 58.8 cm³/mol. The lowest BCUT2D eigenvalue weighted by Gasteiger charge is -1.98. The van der Waals surface area contributed by atoms with Gasteiger partial charge in [-0.3, -0.25) is 4.79 Å². The van der Waals surface area contributed by atoms with E-state index in [9.17, 15) is 4.79 Å². The van der Waals surface area contributed by atoms with Crippen molar-refractivity contribution in [1.82, 2.24) is 0 Å². The van der Waals surface area contributed by atoms with Gasteiger partial charge >= 0.3 is 0 Å². The number of rotatable bonds is 2. The van der Waals surface area contributed by atoms with Gasteiger partial charge in [0.05, 0.1) is 13.6 Å². The van der Waals surface area contributed by atoms with Crippen molar-refractivity contribution < 1.29 is 4.79 Å². The molecule has 1 atom stereocenters. The van der Waals surface area contributed by atoms with Crippen LogP contribution in [0, 0.1) is 17.2 Å². The van der Waals surface area contributed by atoms with Crippen LogP contribution in [0.15, 0.2) is 13.6 Å². The number of nitrogens with zero attached hydrogens (tertiary/aromatic N) is 1. The number of ketones is 1. The first kappa shape index (κ1) is 10.9. The Bertz CT molecular complexity index is 380. The molecule has 1 aromatic rings. The fourth-order valence-corrected chi connectivity index (χ4v) is 3.62. The van der Waals surface area contributed by atoms with Crippen LogP contribution >= 0.6 is 43.2 Å². The molecule has 0 N–H and O–H groups in total. The number of hydrogen-bond donors (Lipinski definition) is 0. The molecule has 0 bridgehead atoms. The Morgan fingerprint density at radius 1 is 1.69 bits per heavy atom. The predicted octanol–water partition coefficient (Wildman–Crippen LogP) is 3.62. The lowest BCUT2D eigenvalue weighted by Crippen LogP contribution is -2.08. The SMILES string of the molecule is CC(C#N)C(=O)c1cc(Br)sc1Br. The number of hydrogen-bond acceptors (Lipinski definition) is 3. The van der Waals surface area contributed by atoms with Gasteiger partial charge in [-0.05, 0) is 44.8 Å². The van der Waals surface area contributed by atoms with Gasteiger partial charge in [0.1, 0.15) is 5.92 Å². The van der Waals surface area contributed by atoms with Crippen LogP contribution in [0.25, 0.3) is 0 Å². The minimum atomic E-state index is -0.585. The first-order chi connectivity index (χ1) is 6.06. The highest BCUT2D eigenvalue weighted by Crippen LogP contribution is 2.33. The van der Waals surface area contributed by atoms with Crippen molar-refractivity contribution in [3.8, 4) is 6.07 Å².